The van der Waals surface area contributed by atoms with Gasteiger partial charge in [-0.15, -0.1) is 0 Å². The van der Waals surface area contributed by atoms with Crippen LogP contribution in [0.1, 0.15) is 29.2 Å². The maximum Gasteiger partial charge on any atom is 0.321 e. The van der Waals surface area contributed by atoms with Gasteiger partial charge in [-0.05, 0) is 54.8 Å². The highest BCUT2D eigenvalue weighted by Gasteiger charge is 2.34. The molecule has 0 bridgehead atoms. The number of hydrogen-bond acceptors (Lipinski definition) is 3. The van der Waals surface area contributed by atoms with E-state index in [0.29, 0.717) is 43.1 Å². The van der Waals surface area contributed by atoms with Crippen LogP contribution in [0.15, 0.2) is 71.3 Å². The minimum absolute atomic E-state index is 0.0797. The van der Waals surface area contributed by atoms with Crippen LogP contribution >= 0.6 is 0 Å². The third-order valence-corrected chi connectivity index (χ3v) is 5.80. The number of carbonyl (C=O) groups excluding carboxylic acids is 2. The molecule has 0 saturated carbocycles. The van der Waals surface area contributed by atoms with Gasteiger partial charge in [0.05, 0.1) is 18.7 Å². The van der Waals surface area contributed by atoms with Gasteiger partial charge in [-0.2, -0.15) is 0 Å². The quantitative estimate of drug-likeness (QED) is 0.611. The molecule has 1 aliphatic heterocycles. The molecule has 1 aromatic heterocycles. The summed E-state index contributed by atoms with van der Waals surface area (Å²) in [6.07, 6.45) is 2.13. The summed E-state index contributed by atoms with van der Waals surface area (Å²) in [6.45, 7) is 2.76. The number of urea groups is 1. The first kappa shape index (κ1) is 21.6. The molecule has 0 aliphatic carbocycles. The molecule has 0 unspecified atom stereocenters. The Hall–Kier alpha value is -3.61. The van der Waals surface area contributed by atoms with E-state index in [4.69, 9.17) is 4.42 Å². The van der Waals surface area contributed by atoms with Crippen LogP contribution < -0.4 is 10.6 Å². The number of halogens is 1. The number of nitrogens with one attached hydrogen (secondary N) is 2. The van der Waals surface area contributed by atoms with Gasteiger partial charge in [0, 0.05) is 24.7 Å². The zero-order valence-electron chi connectivity index (χ0n) is 17.9. The van der Waals surface area contributed by atoms with Crippen molar-refractivity contribution in [3.63, 3.8) is 0 Å². The number of amides is 3. The maximum atomic E-state index is 13.8. The number of piperidine rings is 1. The van der Waals surface area contributed by atoms with Crippen LogP contribution in [0.4, 0.5) is 14.9 Å². The number of likely N-dealkylation sites (tertiary alicyclic amines) is 1. The van der Waals surface area contributed by atoms with E-state index in [1.807, 2.05) is 30.3 Å². The Morgan fingerprint density at radius 1 is 1.09 bits per heavy atom. The second-order valence-electron chi connectivity index (χ2n) is 8.14. The van der Waals surface area contributed by atoms with Crippen molar-refractivity contribution < 1.29 is 18.4 Å². The highest BCUT2D eigenvalue weighted by molar-refractivity contribution is 5.90. The molecule has 2 N–H and O–H groups in total. The number of rotatable bonds is 5. The molecule has 4 rings (SSSR count). The number of furan rings is 1. The zero-order chi connectivity index (χ0) is 22.5. The normalized spacial score (nSPS) is 18.2. The summed E-state index contributed by atoms with van der Waals surface area (Å²) in [6, 6.07) is 17.5. The van der Waals surface area contributed by atoms with Gasteiger partial charge < -0.3 is 20.0 Å². The Morgan fingerprint density at radius 2 is 1.91 bits per heavy atom. The Labute approximate surface area is 186 Å². The lowest BCUT2D eigenvalue weighted by Gasteiger charge is -2.37. The highest BCUT2D eigenvalue weighted by atomic mass is 19.1. The van der Waals surface area contributed by atoms with E-state index >= 15 is 0 Å². The van der Waals surface area contributed by atoms with E-state index in [-0.39, 0.29) is 23.7 Å². The first-order chi connectivity index (χ1) is 15.5. The Kier molecular flexibility index (Phi) is 6.54. The van der Waals surface area contributed by atoms with E-state index in [0.717, 1.165) is 5.56 Å². The second kappa shape index (κ2) is 9.68. The fourth-order valence-corrected chi connectivity index (χ4v) is 4.07. The first-order valence-electron chi connectivity index (χ1n) is 10.7. The number of nitrogens with zero attached hydrogens (tertiary/aromatic N) is 1. The number of anilines is 1. The third kappa shape index (κ3) is 5.17. The van der Waals surface area contributed by atoms with Gasteiger partial charge >= 0.3 is 6.03 Å². The van der Waals surface area contributed by atoms with Crippen molar-refractivity contribution in [3.05, 3.63) is 89.6 Å². The van der Waals surface area contributed by atoms with E-state index in [1.165, 1.54) is 6.07 Å². The molecule has 2 atom stereocenters. The van der Waals surface area contributed by atoms with Crippen molar-refractivity contribution in [2.75, 3.05) is 18.4 Å². The van der Waals surface area contributed by atoms with Crippen LogP contribution in [0.5, 0.6) is 0 Å². The van der Waals surface area contributed by atoms with Crippen molar-refractivity contribution in [1.82, 2.24) is 10.2 Å². The van der Waals surface area contributed by atoms with Crippen molar-refractivity contribution in [2.24, 2.45) is 5.92 Å². The molecule has 1 saturated heterocycles. The van der Waals surface area contributed by atoms with Crippen LogP contribution in [-0.4, -0.2) is 29.9 Å². The third-order valence-electron chi connectivity index (χ3n) is 5.80. The molecule has 3 aromatic rings. The SMILES string of the molecule is Cc1cc([C@H]2C[C@H](C(=O)NCc3ccco3)CN(C(=O)Nc3ccccc3)C2)ccc1F. The molecule has 32 heavy (non-hydrogen) atoms. The van der Waals surface area contributed by atoms with E-state index < -0.39 is 5.92 Å². The molecule has 1 fully saturated rings. The molecule has 7 heteroatoms. The summed E-state index contributed by atoms with van der Waals surface area (Å²) in [4.78, 5) is 27.6. The summed E-state index contributed by atoms with van der Waals surface area (Å²) in [5.41, 5.74) is 2.16. The molecule has 3 amide bonds. The van der Waals surface area contributed by atoms with E-state index in [9.17, 15) is 14.0 Å². The van der Waals surface area contributed by atoms with Crippen LogP contribution in [0.2, 0.25) is 0 Å². The second-order valence-corrected chi connectivity index (χ2v) is 8.14. The number of hydrogen-bond donors (Lipinski definition) is 2. The fourth-order valence-electron chi connectivity index (χ4n) is 4.07. The van der Waals surface area contributed by atoms with Crippen LogP contribution in [0.25, 0.3) is 0 Å². The van der Waals surface area contributed by atoms with E-state index in [2.05, 4.69) is 10.6 Å². The largest absolute Gasteiger partial charge is 0.467 e. The monoisotopic (exact) mass is 435 g/mol. The van der Waals surface area contributed by atoms with Gasteiger partial charge in [0.25, 0.3) is 0 Å². The molecule has 2 heterocycles. The average Bonchev–Trinajstić information content (AvgIpc) is 3.33. The zero-order valence-corrected chi connectivity index (χ0v) is 17.9. The predicted molar refractivity (Wildman–Crippen MR) is 120 cm³/mol. The standard InChI is InChI=1S/C25H26FN3O3/c1-17-12-18(9-10-23(17)26)19-13-20(24(30)27-14-22-8-5-11-32-22)16-29(15-19)25(31)28-21-6-3-2-4-7-21/h2-12,19-20H,13-16H2,1H3,(H,27,30)(H,28,31)/t19-,20-/m0/s1. The number of benzene rings is 2. The molecule has 1 aliphatic rings. The first-order valence-corrected chi connectivity index (χ1v) is 10.7. The lowest BCUT2D eigenvalue weighted by Crippen LogP contribution is -2.49. The number of aryl methyl sites for hydroxylation is 1. The fraction of sp³-hybridized carbons (Fsp3) is 0.280. The van der Waals surface area contributed by atoms with Gasteiger partial charge in [0.15, 0.2) is 0 Å². The molecule has 2 aromatic carbocycles. The smallest absolute Gasteiger partial charge is 0.321 e. The maximum absolute atomic E-state index is 13.8. The Bertz CT molecular complexity index is 1070. The van der Waals surface area contributed by atoms with Crippen molar-refractivity contribution in [2.45, 2.75) is 25.8 Å². The van der Waals surface area contributed by atoms with Gasteiger partial charge in [-0.25, -0.2) is 9.18 Å². The Morgan fingerprint density at radius 3 is 2.62 bits per heavy atom. The molecule has 6 nitrogen and oxygen atoms in total. The number of carbonyl (C=O) groups is 2. The van der Waals surface area contributed by atoms with Gasteiger partial charge in [-0.1, -0.05) is 30.3 Å². The van der Waals surface area contributed by atoms with Gasteiger partial charge in [0.2, 0.25) is 5.91 Å². The molecule has 0 spiro atoms. The van der Waals surface area contributed by atoms with Crippen molar-refractivity contribution in [3.8, 4) is 0 Å². The van der Waals surface area contributed by atoms with Gasteiger partial charge in [-0.3, -0.25) is 4.79 Å². The van der Waals surface area contributed by atoms with Crippen molar-refractivity contribution >= 4 is 17.6 Å². The van der Waals surface area contributed by atoms with Crippen molar-refractivity contribution in [1.29, 1.82) is 0 Å². The Balaban J connectivity index is 1.51. The molecule has 166 valence electrons. The summed E-state index contributed by atoms with van der Waals surface area (Å²) in [7, 11) is 0. The average molecular weight is 435 g/mol. The summed E-state index contributed by atoms with van der Waals surface area (Å²) in [5, 5.41) is 5.80. The lowest BCUT2D eigenvalue weighted by atomic mass is 9.83. The number of para-hydroxylation sites is 1. The highest BCUT2D eigenvalue weighted by Crippen LogP contribution is 2.32. The summed E-state index contributed by atoms with van der Waals surface area (Å²) < 4.78 is 19.1. The summed E-state index contributed by atoms with van der Waals surface area (Å²) >= 11 is 0. The minimum atomic E-state index is -0.393. The van der Waals surface area contributed by atoms with Crippen LogP contribution in [-0.2, 0) is 11.3 Å². The van der Waals surface area contributed by atoms with Gasteiger partial charge in [0.1, 0.15) is 11.6 Å². The topological polar surface area (TPSA) is 74.6 Å². The molecular formula is C25H26FN3O3. The minimum Gasteiger partial charge on any atom is -0.467 e. The lowest BCUT2D eigenvalue weighted by molar-refractivity contribution is -0.126. The molecule has 0 radical (unpaired) electrons. The predicted octanol–water partition coefficient (Wildman–Crippen LogP) is 4.68. The molecular weight excluding hydrogens is 409 g/mol. The van der Waals surface area contributed by atoms with Crippen LogP contribution in [0.3, 0.4) is 0 Å². The van der Waals surface area contributed by atoms with E-state index in [1.54, 1.807) is 42.4 Å². The summed E-state index contributed by atoms with van der Waals surface area (Å²) in [5.74, 6) is -0.212. The van der Waals surface area contributed by atoms with Crippen LogP contribution in [0, 0.1) is 18.7 Å².